The van der Waals surface area contributed by atoms with E-state index in [1.165, 1.54) is 5.56 Å². The van der Waals surface area contributed by atoms with Gasteiger partial charge in [-0.25, -0.2) is 0 Å². The van der Waals surface area contributed by atoms with Gasteiger partial charge in [-0.05, 0) is 37.0 Å². The van der Waals surface area contributed by atoms with E-state index >= 15 is 0 Å². The Kier molecular flexibility index (Phi) is 3.40. The number of ether oxygens (including phenoxy) is 2. The Morgan fingerprint density at radius 1 is 1.29 bits per heavy atom. The van der Waals surface area contributed by atoms with Crippen LogP contribution in [-0.4, -0.2) is 32.0 Å². The zero-order valence-corrected chi connectivity index (χ0v) is 10.7. The van der Waals surface area contributed by atoms with Crippen molar-refractivity contribution in [3.63, 3.8) is 0 Å². The fourth-order valence-corrected chi connectivity index (χ4v) is 2.54. The minimum atomic E-state index is -0.0620. The van der Waals surface area contributed by atoms with Crippen molar-refractivity contribution in [1.29, 1.82) is 0 Å². The van der Waals surface area contributed by atoms with Gasteiger partial charge in [0.1, 0.15) is 5.75 Å². The van der Waals surface area contributed by atoms with Gasteiger partial charge in [0.15, 0.2) is 0 Å². The second kappa shape index (κ2) is 4.67. The lowest BCUT2D eigenvalue weighted by molar-refractivity contribution is -0.136. The highest BCUT2D eigenvalue weighted by Gasteiger charge is 2.38. The Balaban J connectivity index is 2.22. The molecule has 1 saturated heterocycles. The van der Waals surface area contributed by atoms with Crippen LogP contribution >= 0.6 is 0 Å². The third kappa shape index (κ3) is 2.31. The molecule has 1 heterocycles. The summed E-state index contributed by atoms with van der Waals surface area (Å²) in [6.45, 7) is 5.62. The quantitative estimate of drug-likeness (QED) is 0.867. The number of aliphatic hydroxyl groups excluding tert-OH is 1. The van der Waals surface area contributed by atoms with E-state index in [0.29, 0.717) is 13.2 Å². The Bertz CT molecular complexity index is 379. The summed E-state index contributed by atoms with van der Waals surface area (Å²) in [5.41, 5.74) is 3.48. The molecule has 1 aromatic carbocycles. The summed E-state index contributed by atoms with van der Waals surface area (Å²) in [4.78, 5) is 0. The van der Waals surface area contributed by atoms with Gasteiger partial charge in [-0.3, -0.25) is 0 Å². The highest BCUT2D eigenvalue weighted by molar-refractivity contribution is 5.43. The average Bonchev–Trinajstić information content (AvgIpc) is 2.23. The normalized spacial score (nSPS) is 17.6. The lowest BCUT2D eigenvalue weighted by Crippen LogP contribution is -2.47. The maximum absolute atomic E-state index is 9.43. The fourth-order valence-electron chi connectivity index (χ4n) is 2.54. The van der Waals surface area contributed by atoms with Crippen LogP contribution in [-0.2, 0) is 11.2 Å². The second-order valence-electron chi connectivity index (χ2n) is 5.09. The van der Waals surface area contributed by atoms with Crippen LogP contribution in [0.15, 0.2) is 12.1 Å². The molecule has 0 aliphatic carbocycles. The Hall–Kier alpha value is -1.06. The molecule has 0 amide bonds. The van der Waals surface area contributed by atoms with E-state index in [4.69, 9.17) is 9.47 Å². The van der Waals surface area contributed by atoms with Gasteiger partial charge < -0.3 is 14.6 Å². The van der Waals surface area contributed by atoms with Crippen LogP contribution in [0.5, 0.6) is 5.75 Å². The molecule has 0 saturated carbocycles. The average molecular weight is 236 g/mol. The molecule has 94 valence electrons. The highest BCUT2D eigenvalue weighted by Crippen LogP contribution is 2.33. The summed E-state index contributed by atoms with van der Waals surface area (Å²) >= 11 is 0. The Labute approximate surface area is 102 Å². The molecule has 0 radical (unpaired) electrons. The second-order valence-corrected chi connectivity index (χ2v) is 5.09. The number of methoxy groups -OCH3 is 1. The van der Waals surface area contributed by atoms with Crippen LogP contribution < -0.4 is 4.74 Å². The minimum Gasteiger partial charge on any atom is -0.496 e. The lowest BCUT2D eigenvalue weighted by Gasteiger charge is -2.40. The van der Waals surface area contributed by atoms with Crippen LogP contribution in [0.2, 0.25) is 0 Å². The van der Waals surface area contributed by atoms with Crippen molar-refractivity contribution in [2.75, 3.05) is 26.9 Å². The van der Waals surface area contributed by atoms with Gasteiger partial charge in [-0.2, -0.15) is 0 Å². The zero-order chi connectivity index (χ0) is 12.5. The van der Waals surface area contributed by atoms with Gasteiger partial charge in [-0.15, -0.1) is 0 Å². The molecule has 0 bridgehead atoms. The SMILES string of the molecule is COc1c(C)cc(CC2(CO)COC2)cc1C. The molecule has 1 aliphatic heterocycles. The molecule has 2 rings (SSSR count). The predicted molar refractivity (Wildman–Crippen MR) is 66.5 cm³/mol. The molecule has 1 aromatic rings. The third-order valence-electron chi connectivity index (χ3n) is 3.46. The third-order valence-corrected chi connectivity index (χ3v) is 3.46. The molecular formula is C14H20O3. The first kappa shape index (κ1) is 12.4. The summed E-state index contributed by atoms with van der Waals surface area (Å²) in [5, 5.41) is 9.43. The smallest absolute Gasteiger partial charge is 0.124 e. The van der Waals surface area contributed by atoms with Crippen LogP contribution in [0.25, 0.3) is 0 Å². The first-order valence-corrected chi connectivity index (χ1v) is 5.93. The molecule has 17 heavy (non-hydrogen) atoms. The van der Waals surface area contributed by atoms with E-state index in [2.05, 4.69) is 26.0 Å². The van der Waals surface area contributed by atoms with Crippen molar-refractivity contribution < 1.29 is 14.6 Å². The first-order valence-electron chi connectivity index (χ1n) is 5.93. The van der Waals surface area contributed by atoms with Crippen LogP contribution in [0.3, 0.4) is 0 Å². The van der Waals surface area contributed by atoms with E-state index in [1.54, 1.807) is 7.11 Å². The van der Waals surface area contributed by atoms with Gasteiger partial charge in [0.2, 0.25) is 0 Å². The van der Waals surface area contributed by atoms with Gasteiger partial charge in [0, 0.05) is 5.41 Å². The molecular weight excluding hydrogens is 216 g/mol. The van der Waals surface area contributed by atoms with Crippen molar-refractivity contribution in [3.05, 3.63) is 28.8 Å². The maximum atomic E-state index is 9.43. The topological polar surface area (TPSA) is 38.7 Å². The van der Waals surface area contributed by atoms with Crippen molar-refractivity contribution in [2.24, 2.45) is 5.41 Å². The molecule has 3 heteroatoms. The van der Waals surface area contributed by atoms with Crippen LogP contribution in [0.1, 0.15) is 16.7 Å². The van der Waals surface area contributed by atoms with E-state index < -0.39 is 0 Å². The number of hydrogen-bond donors (Lipinski definition) is 1. The predicted octanol–water partition coefficient (Wildman–Crippen LogP) is 1.86. The Morgan fingerprint density at radius 3 is 2.24 bits per heavy atom. The van der Waals surface area contributed by atoms with E-state index in [-0.39, 0.29) is 12.0 Å². The van der Waals surface area contributed by atoms with Crippen molar-refractivity contribution in [3.8, 4) is 5.75 Å². The van der Waals surface area contributed by atoms with Gasteiger partial charge in [0.05, 0.1) is 26.9 Å². The molecule has 0 aromatic heterocycles. The van der Waals surface area contributed by atoms with Crippen molar-refractivity contribution in [2.45, 2.75) is 20.3 Å². The molecule has 0 atom stereocenters. The zero-order valence-electron chi connectivity index (χ0n) is 10.7. The van der Waals surface area contributed by atoms with Gasteiger partial charge in [0.25, 0.3) is 0 Å². The summed E-state index contributed by atoms with van der Waals surface area (Å²) in [7, 11) is 1.70. The molecule has 0 spiro atoms. The molecule has 0 unspecified atom stereocenters. The molecule has 1 fully saturated rings. The Morgan fingerprint density at radius 2 is 1.88 bits per heavy atom. The fraction of sp³-hybridized carbons (Fsp3) is 0.571. The van der Waals surface area contributed by atoms with E-state index in [0.717, 1.165) is 23.3 Å². The highest BCUT2D eigenvalue weighted by atomic mass is 16.5. The van der Waals surface area contributed by atoms with Crippen LogP contribution in [0, 0.1) is 19.3 Å². The summed E-state index contributed by atoms with van der Waals surface area (Å²) in [6, 6.07) is 4.28. The number of benzene rings is 1. The lowest BCUT2D eigenvalue weighted by atomic mass is 9.80. The number of hydrogen-bond acceptors (Lipinski definition) is 3. The van der Waals surface area contributed by atoms with E-state index in [9.17, 15) is 5.11 Å². The summed E-state index contributed by atoms with van der Waals surface area (Å²) in [6.07, 6.45) is 0.870. The molecule has 1 aliphatic rings. The monoisotopic (exact) mass is 236 g/mol. The van der Waals surface area contributed by atoms with Gasteiger partial charge in [-0.1, -0.05) is 12.1 Å². The standard InChI is InChI=1S/C14H20O3/c1-10-4-12(5-11(2)13(10)16-3)6-14(7-15)8-17-9-14/h4-5,15H,6-9H2,1-3H3. The largest absolute Gasteiger partial charge is 0.496 e. The number of aliphatic hydroxyl groups is 1. The first-order chi connectivity index (χ1) is 8.10. The van der Waals surface area contributed by atoms with Crippen molar-refractivity contribution in [1.82, 2.24) is 0 Å². The number of rotatable bonds is 4. The van der Waals surface area contributed by atoms with Gasteiger partial charge >= 0.3 is 0 Å². The van der Waals surface area contributed by atoms with Crippen LogP contribution in [0.4, 0.5) is 0 Å². The van der Waals surface area contributed by atoms with E-state index in [1.807, 2.05) is 0 Å². The molecule has 3 nitrogen and oxygen atoms in total. The summed E-state index contributed by atoms with van der Waals surface area (Å²) < 4.78 is 10.6. The summed E-state index contributed by atoms with van der Waals surface area (Å²) in [5.74, 6) is 0.955. The maximum Gasteiger partial charge on any atom is 0.124 e. The minimum absolute atomic E-state index is 0.0620. The molecule has 1 N–H and O–H groups in total. The number of aryl methyl sites for hydroxylation is 2. The van der Waals surface area contributed by atoms with Crippen molar-refractivity contribution >= 4 is 0 Å².